The van der Waals surface area contributed by atoms with Gasteiger partial charge in [-0.25, -0.2) is 0 Å². The van der Waals surface area contributed by atoms with Crippen molar-refractivity contribution in [3.8, 4) is 0 Å². The number of rotatable bonds is 6. The van der Waals surface area contributed by atoms with Crippen LogP contribution in [0, 0.1) is 5.92 Å². The lowest BCUT2D eigenvalue weighted by molar-refractivity contribution is -0.151. The summed E-state index contributed by atoms with van der Waals surface area (Å²) in [5.41, 5.74) is 1.83. The zero-order valence-corrected chi connectivity index (χ0v) is 16.9. The predicted octanol–water partition coefficient (Wildman–Crippen LogP) is 3.11. The zero-order chi connectivity index (χ0) is 21.0. The Hall–Kier alpha value is -3.09. The fourth-order valence-electron chi connectivity index (χ4n) is 3.18. The molecule has 1 aliphatic rings. The molecule has 7 heteroatoms. The maximum Gasteiger partial charge on any atom is 0.311 e. The first-order valence-electron chi connectivity index (χ1n) is 9.59. The topological polar surface area (TPSA) is 88.8 Å². The summed E-state index contributed by atoms with van der Waals surface area (Å²) >= 11 is 0. The Balaban J connectivity index is 1.45. The first-order chi connectivity index (χ1) is 13.7. The number of furan rings is 1. The van der Waals surface area contributed by atoms with E-state index < -0.39 is 17.8 Å². The first kappa shape index (κ1) is 20.6. The molecule has 1 aromatic carbocycles. The van der Waals surface area contributed by atoms with Crippen LogP contribution in [0.3, 0.4) is 0 Å². The van der Waals surface area contributed by atoms with E-state index in [4.69, 9.17) is 9.15 Å². The molecule has 1 N–H and O–H groups in total. The van der Waals surface area contributed by atoms with Gasteiger partial charge in [0.15, 0.2) is 6.61 Å². The minimum atomic E-state index is -0.573. The number of nitrogens with zero attached hydrogens (tertiary/aromatic N) is 1. The number of ether oxygens (including phenoxy) is 1. The second-order valence-electron chi connectivity index (χ2n) is 8.24. The lowest BCUT2D eigenvalue weighted by Crippen LogP contribution is -2.28. The highest BCUT2D eigenvalue weighted by Crippen LogP contribution is 2.24. The molecule has 0 aliphatic carbocycles. The molecule has 29 heavy (non-hydrogen) atoms. The lowest BCUT2D eigenvalue weighted by atomic mass is 9.87. The maximum absolute atomic E-state index is 12.2. The number of carbonyl (C=O) groups is 3. The molecule has 2 aromatic rings. The minimum absolute atomic E-state index is 0.0294. The standard InChI is InChI=1S/C22H26N2O5/c1-22(2,3)16-6-8-17(9-7-16)23-19(25)14-29-21(27)15-11-20(26)24(12-15)13-18-5-4-10-28-18/h4-10,15H,11-14H2,1-3H3,(H,23,25)/t15-/m0/s1. The van der Waals surface area contributed by atoms with Crippen LogP contribution in [-0.4, -0.2) is 35.8 Å². The van der Waals surface area contributed by atoms with Crippen molar-refractivity contribution < 1.29 is 23.5 Å². The number of carbonyl (C=O) groups excluding carboxylic acids is 3. The zero-order valence-electron chi connectivity index (χ0n) is 16.9. The average molecular weight is 398 g/mol. The Labute approximate surface area is 170 Å². The van der Waals surface area contributed by atoms with Gasteiger partial charge in [0, 0.05) is 18.7 Å². The van der Waals surface area contributed by atoms with Crippen LogP contribution in [0.1, 0.15) is 38.5 Å². The van der Waals surface area contributed by atoms with Gasteiger partial charge in [-0.05, 0) is 35.2 Å². The highest BCUT2D eigenvalue weighted by Gasteiger charge is 2.35. The number of esters is 1. The molecule has 0 radical (unpaired) electrons. The molecule has 0 unspecified atom stereocenters. The molecule has 0 saturated carbocycles. The largest absolute Gasteiger partial charge is 0.467 e. The van der Waals surface area contributed by atoms with E-state index in [1.54, 1.807) is 17.0 Å². The van der Waals surface area contributed by atoms with Gasteiger partial charge in [0.1, 0.15) is 5.76 Å². The maximum atomic E-state index is 12.2. The fourth-order valence-corrected chi connectivity index (χ4v) is 3.18. The van der Waals surface area contributed by atoms with Gasteiger partial charge in [-0.1, -0.05) is 32.9 Å². The van der Waals surface area contributed by atoms with Gasteiger partial charge in [-0.3, -0.25) is 14.4 Å². The Morgan fingerprint density at radius 3 is 2.55 bits per heavy atom. The molecule has 1 aromatic heterocycles. The summed E-state index contributed by atoms with van der Waals surface area (Å²) < 4.78 is 10.4. The summed E-state index contributed by atoms with van der Waals surface area (Å²) in [4.78, 5) is 38.0. The number of likely N-dealkylation sites (tertiary alicyclic amines) is 1. The third-order valence-electron chi connectivity index (χ3n) is 4.85. The Kier molecular flexibility index (Phi) is 6.06. The summed E-state index contributed by atoms with van der Waals surface area (Å²) in [7, 11) is 0. The van der Waals surface area contributed by atoms with Crippen LogP contribution in [0.5, 0.6) is 0 Å². The normalized spacial score (nSPS) is 16.7. The predicted molar refractivity (Wildman–Crippen MR) is 107 cm³/mol. The van der Waals surface area contributed by atoms with Crippen molar-refractivity contribution in [1.82, 2.24) is 4.90 Å². The molecule has 7 nitrogen and oxygen atoms in total. The summed E-state index contributed by atoms with van der Waals surface area (Å²) in [5, 5.41) is 2.71. The SMILES string of the molecule is CC(C)(C)c1ccc(NC(=O)COC(=O)[C@H]2CC(=O)N(Cc3ccco3)C2)cc1. The van der Waals surface area contributed by atoms with Crippen LogP contribution in [0.2, 0.25) is 0 Å². The van der Waals surface area contributed by atoms with Crippen molar-refractivity contribution in [2.45, 2.75) is 39.2 Å². The van der Waals surface area contributed by atoms with E-state index >= 15 is 0 Å². The van der Waals surface area contributed by atoms with E-state index in [1.807, 2.05) is 24.3 Å². The summed E-state index contributed by atoms with van der Waals surface area (Å²) in [6, 6.07) is 11.1. The van der Waals surface area contributed by atoms with Gasteiger partial charge in [0.05, 0.1) is 18.7 Å². The van der Waals surface area contributed by atoms with Gasteiger partial charge in [-0.2, -0.15) is 0 Å². The molecule has 2 heterocycles. The number of amides is 2. The highest BCUT2D eigenvalue weighted by molar-refractivity contribution is 5.93. The number of anilines is 1. The summed E-state index contributed by atoms with van der Waals surface area (Å²) in [6.07, 6.45) is 1.62. The quantitative estimate of drug-likeness (QED) is 0.756. The van der Waals surface area contributed by atoms with E-state index in [9.17, 15) is 14.4 Å². The molecule has 1 aliphatic heterocycles. The number of hydrogen-bond donors (Lipinski definition) is 1. The van der Waals surface area contributed by atoms with E-state index in [-0.39, 0.29) is 30.9 Å². The van der Waals surface area contributed by atoms with E-state index in [2.05, 4.69) is 26.1 Å². The van der Waals surface area contributed by atoms with Crippen LogP contribution in [0.15, 0.2) is 47.1 Å². The van der Waals surface area contributed by atoms with E-state index in [0.717, 1.165) is 5.56 Å². The van der Waals surface area contributed by atoms with Crippen LogP contribution >= 0.6 is 0 Å². The Morgan fingerprint density at radius 2 is 1.93 bits per heavy atom. The minimum Gasteiger partial charge on any atom is -0.467 e. The molecule has 2 amide bonds. The van der Waals surface area contributed by atoms with Crippen molar-refractivity contribution in [3.05, 3.63) is 54.0 Å². The third-order valence-corrected chi connectivity index (χ3v) is 4.85. The van der Waals surface area contributed by atoms with Crippen LogP contribution < -0.4 is 5.32 Å². The van der Waals surface area contributed by atoms with E-state index in [0.29, 0.717) is 18.0 Å². The Bertz CT molecular complexity index is 866. The molecule has 3 rings (SSSR count). The van der Waals surface area contributed by atoms with Crippen molar-refractivity contribution in [2.75, 3.05) is 18.5 Å². The molecule has 1 fully saturated rings. The average Bonchev–Trinajstić information content (AvgIpc) is 3.30. The second kappa shape index (κ2) is 8.51. The molecule has 1 saturated heterocycles. The third kappa shape index (κ3) is 5.47. The van der Waals surface area contributed by atoms with Crippen LogP contribution in [-0.2, 0) is 31.1 Å². The van der Waals surface area contributed by atoms with Crippen molar-refractivity contribution >= 4 is 23.5 Å². The van der Waals surface area contributed by atoms with Crippen LogP contribution in [0.25, 0.3) is 0 Å². The molecule has 0 bridgehead atoms. The summed E-state index contributed by atoms with van der Waals surface area (Å²) in [5.74, 6) is -1.01. The number of nitrogens with one attached hydrogen (secondary N) is 1. The van der Waals surface area contributed by atoms with Crippen molar-refractivity contribution in [2.24, 2.45) is 5.92 Å². The van der Waals surface area contributed by atoms with Crippen molar-refractivity contribution in [3.63, 3.8) is 0 Å². The van der Waals surface area contributed by atoms with Gasteiger partial charge in [0.2, 0.25) is 5.91 Å². The van der Waals surface area contributed by atoms with E-state index in [1.165, 1.54) is 6.26 Å². The van der Waals surface area contributed by atoms with Gasteiger partial charge in [-0.15, -0.1) is 0 Å². The molecule has 154 valence electrons. The highest BCUT2D eigenvalue weighted by atomic mass is 16.5. The Morgan fingerprint density at radius 1 is 1.21 bits per heavy atom. The van der Waals surface area contributed by atoms with Crippen molar-refractivity contribution in [1.29, 1.82) is 0 Å². The molecule has 0 spiro atoms. The first-order valence-corrected chi connectivity index (χ1v) is 9.59. The molecular formula is C22H26N2O5. The molecule has 1 atom stereocenters. The monoisotopic (exact) mass is 398 g/mol. The smallest absolute Gasteiger partial charge is 0.311 e. The number of benzene rings is 1. The summed E-state index contributed by atoms with van der Waals surface area (Å²) in [6.45, 7) is 6.54. The van der Waals surface area contributed by atoms with Gasteiger partial charge < -0.3 is 19.4 Å². The fraction of sp³-hybridized carbons (Fsp3) is 0.409. The van der Waals surface area contributed by atoms with Crippen LogP contribution in [0.4, 0.5) is 5.69 Å². The number of hydrogen-bond acceptors (Lipinski definition) is 5. The molecular weight excluding hydrogens is 372 g/mol. The van der Waals surface area contributed by atoms with Gasteiger partial charge in [0.25, 0.3) is 5.91 Å². The lowest BCUT2D eigenvalue weighted by Gasteiger charge is -2.19. The van der Waals surface area contributed by atoms with Gasteiger partial charge >= 0.3 is 5.97 Å². The second-order valence-corrected chi connectivity index (χ2v) is 8.24.